The van der Waals surface area contributed by atoms with Crippen molar-refractivity contribution in [3.05, 3.63) is 0 Å². The Bertz CT molecular complexity index is 289. The predicted octanol–water partition coefficient (Wildman–Crippen LogP) is 0.0276. The number of hydrogen-bond acceptors (Lipinski definition) is 4. The van der Waals surface area contributed by atoms with E-state index in [2.05, 4.69) is 11.8 Å². The first-order valence-electron chi connectivity index (χ1n) is 6.11. The lowest BCUT2D eigenvalue weighted by Gasteiger charge is -2.35. The number of likely N-dealkylation sites (N-methyl/N-ethyl adjacent to an activating group) is 1. The maximum absolute atomic E-state index is 11.9. The van der Waals surface area contributed by atoms with E-state index in [0.717, 1.165) is 19.5 Å². The van der Waals surface area contributed by atoms with E-state index < -0.39 is 0 Å². The molecule has 5 nitrogen and oxygen atoms in total. The van der Waals surface area contributed by atoms with Crippen molar-refractivity contribution in [2.24, 2.45) is 11.7 Å². The average Bonchev–Trinajstić information content (AvgIpc) is 2.24. The van der Waals surface area contributed by atoms with Gasteiger partial charge >= 0.3 is 0 Å². The Hall–Kier alpha value is -1.12. The fourth-order valence-electron chi connectivity index (χ4n) is 2.30. The number of carbonyl (C=O) groups is 1. The van der Waals surface area contributed by atoms with Gasteiger partial charge in [0.2, 0.25) is 5.91 Å². The predicted molar refractivity (Wildman–Crippen MR) is 66.1 cm³/mol. The van der Waals surface area contributed by atoms with Crippen LogP contribution in [0.15, 0.2) is 0 Å². The van der Waals surface area contributed by atoms with Crippen LogP contribution in [0.1, 0.15) is 19.8 Å². The van der Waals surface area contributed by atoms with Crippen molar-refractivity contribution >= 4 is 5.91 Å². The van der Waals surface area contributed by atoms with Gasteiger partial charge in [0.15, 0.2) is 0 Å². The molecule has 0 aromatic heterocycles. The van der Waals surface area contributed by atoms with Gasteiger partial charge in [-0.15, -0.1) is 0 Å². The van der Waals surface area contributed by atoms with Crippen molar-refractivity contribution in [1.82, 2.24) is 9.80 Å². The summed E-state index contributed by atoms with van der Waals surface area (Å²) in [7, 11) is 1.74. The first-order valence-corrected chi connectivity index (χ1v) is 6.11. The van der Waals surface area contributed by atoms with Crippen LogP contribution in [0.2, 0.25) is 0 Å². The molecular weight excluding hydrogens is 216 g/mol. The summed E-state index contributed by atoms with van der Waals surface area (Å²) in [5.41, 5.74) is 5.94. The van der Waals surface area contributed by atoms with E-state index in [4.69, 9.17) is 11.0 Å². The lowest BCUT2D eigenvalue weighted by molar-refractivity contribution is -0.131. The number of likely N-dealkylation sites (tertiary alicyclic amines) is 1. The van der Waals surface area contributed by atoms with Crippen molar-refractivity contribution in [2.75, 3.05) is 33.2 Å². The Morgan fingerprint density at radius 2 is 2.29 bits per heavy atom. The molecule has 0 radical (unpaired) electrons. The minimum Gasteiger partial charge on any atom is -0.344 e. The van der Waals surface area contributed by atoms with Gasteiger partial charge in [0.05, 0.1) is 19.0 Å². The molecule has 0 spiro atoms. The standard InChI is InChI=1S/C12H22N4O/c1-10-6-11(14)8-16(7-10)9-12(17)15(2)5-3-4-13/h10-11H,3,5-9,14H2,1-2H3. The molecule has 2 N–H and O–H groups in total. The van der Waals surface area contributed by atoms with Crippen LogP contribution in [0.4, 0.5) is 0 Å². The zero-order chi connectivity index (χ0) is 12.8. The second kappa shape index (κ2) is 6.58. The highest BCUT2D eigenvalue weighted by molar-refractivity contribution is 5.78. The highest BCUT2D eigenvalue weighted by Crippen LogP contribution is 2.14. The Labute approximate surface area is 103 Å². The maximum Gasteiger partial charge on any atom is 0.236 e. The first kappa shape index (κ1) is 13.9. The summed E-state index contributed by atoms with van der Waals surface area (Å²) in [6.07, 6.45) is 1.42. The molecule has 1 saturated heterocycles. The smallest absolute Gasteiger partial charge is 0.236 e. The zero-order valence-corrected chi connectivity index (χ0v) is 10.7. The number of amides is 1. The molecular formula is C12H22N4O. The van der Waals surface area contributed by atoms with Crippen LogP contribution in [0.3, 0.4) is 0 Å². The molecule has 1 aliphatic rings. The summed E-state index contributed by atoms with van der Waals surface area (Å²) >= 11 is 0. The molecule has 0 aromatic carbocycles. The number of nitriles is 1. The van der Waals surface area contributed by atoms with Crippen LogP contribution >= 0.6 is 0 Å². The monoisotopic (exact) mass is 238 g/mol. The van der Waals surface area contributed by atoms with Crippen molar-refractivity contribution in [1.29, 1.82) is 5.26 Å². The van der Waals surface area contributed by atoms with Gasteiger partial charge < -0.3 is 10.6 Å². The summed E-state index contributed by atoms with van der Waals surface area (Å²) < 4.78 is 0. The van der Waals surface area contributed by atoms with Crippen LogP contribution in [-0.4, -0.2) is 55.0 Å². The number of piperidine rings is 1. The van der Waals surface area contributed by atoms with Gasteiger partial charge in [0, 0.05) is 32.7 Å². The molecule has 0 aromatic rings. The Balaban J connectivity index is 2.37. The van der Waals surface area contributed by atoms with Crippen LogP contribution < -0.4 is 5.73 Å². The summed E-state index contributed by atoms with van der Waals surface area (Å²) in [5.74, 6) is 0.623. The molecule has 17 heavy (non-hydrogen) atoms. The lowest BCUT2D eigenvalue weighted by atomic mass is 9.97. The van der Waals surface area contributed by atoms with Gasteiger partial charge in [0.25, 0.3) is 0 Å². The fourth-order valence-corrected chi connectivity index (χ4v) is 2.30. The van der Waals surface area contributed by atoms with Gasteiger partial charge in [-0.25, -0.2) is 0 Å². The van der Waals surface area contributed by atoms with E-state index >= 15 is 0 Å². The Morgan fingerprint density at radius 1 is 1.59 bits per heavy atom. The molecule has 1 aliphatic heterocycles. The maximum atomic E-state index is 11.9. The molecule has 1 rings (SSSR count). The van der Waals surface area contributed by atoms with E-state index in [1.165, 1.54) is 0 Å². The quantitative estimate of drug-likeness (QED) is 0.750. The third-order valence-electron chi connectivity index (χ3n) is 3.11. The van der Waals surface area contributed by atoms with Crippen molar-refractivity contribution in [3.8, 4) is 6.07 Å². The number of hydrogen-bond donors (Lipinski definition) is 1. The molecule has 0 bridgehead atoms. The molecule has 1 fully saturated rings. The third kappa shape index (κ3) is 4.72. The van der Waals surface area contributed by atoms with Gasteiger partial charge in [0.1, 0.15) is 0 Å². The van der Waals surface area contributed by atoms with Gasteiger partial charge in [-0.3, -0.25) is 9.69 Å². The average molecular weight is 238 g/mol. The number of nitrogens with zero attached hydrogens (tertiary/aromatic N) is 3. The fraction of sp³-hybridized carbons (Fsp3) is 0.833. The molecule has 2 atom stereocenters. The zero-order valence-electron chi connectivity index (χ0n) is 10.7. The summed E-state index contributed by atoms with van der Waals surface area (Å²) in [6, 6.07) is 2.22. The van der Waals surface area contributed by atoms with E-state index in [-0.39, 0.29) is 11.9 Å². The SMILES string of the molecule is CC1CC(N)CN(CC(=O)N(C)CCC#N)C1. The Morgan fingerprint density at radius 3 is 2.88 bits per heavy atom. The van der Waals surface area contributed by atoms with Crippen molar-refractivity contribution in [3.63, 3.8) is 0 Å². The lowest BCUT2D eigenvalue weighted by Crippen LogP contribution is -2.49. The van der Waals surface area contributed by atoms with Gasteiger partial charge in [-0.1, -0.05) is 6.92 Å². The molecule has 96 valence electrons. The van der Waals surface area contributed by atoms with Crippen molar-refractivity contribution in [2.45, 2.75) is 25.8 Å². The molecule has 1 heterocycles. The topological polar surface area (TPSA) is 73.4 Å². The Kier molecular flexibility index (Phi) is 5.39. The van der Waals surface area contributed by atoms with E-state index in [1.54, 1.807) is 11.9 Å². The second-order valence-corrected chi connectivity index (χ2v) is 5.02. The summed E-state index contributed by atoms with van der Waals surface area (Å²) in [4.78, 5) is 15.6. The third-order valence-corrected chi connectivity index (χ3v) is 3.11. The molecule has 1 amide bonds. The van der Waals surface area contributed by atoms with E-state index in [1.807, 2.05) is 6.07 Å². The molecule has 2 unspecified atom stereocenters. The highest BCUT2D eigenvalue weighted by Gasteiger charge is 2.24. The van der Waals surface area contributed by atoms with E-state index in [0.29, 0.717) is 25.4 Å². The van der Waals surface area contributed by atoms with E-state index in [9.17, 15) is 4.79 Å². The minimum absolute atomic E-state index is 0.0709. The minimum atomic E-state index is 0.0709. The largest absolute Gasteiger partial charge is 0.344 e. The second-order valence-electron chi connectivity index (χ2n) is 5.02. The van der Waals surface area contributed by atoms with Gasteiger partial charge in [-0.05, 0) is 12.3 Å². The molecule has 0 aliphatic carbocycles. The van der Waals surface area contributed by atoms with Crippen molar-refractivity contribution < 1.29 is 4.79 Å². The van der Waals surface area contributed by atoms with Crippen LogP contribution in [-0.2, 0) is 4.79 Å². The number of carbonyl (C=O) groups excluding carboxylic acids is 1. The first-order chi connectivity index (χ1) is 8.02. The number of rotatable bonds is 4. The highest BCUT2D eigenvalue weighted by atomic mass is 16.2. The number of nitrogens with two attached hydrogens (primary N) is 1. The summed E-state index contributed by atoms with van der Waals surface area (Å²) in [6.45, 7) is 4.81. The van der Waals surface area contributed by atoms with Crippen LogP contribution in [0, 0.1) is 17.2 Å². The van der Waals surface area contributed by atoms with Crippen LogP contribution in [0.25, 0.3) is 0 Å². The normalized spacial score (nSPS) is 25.3. The molecule has 5 heteroatoms. The van der Waals surface area contributed by atoms with Crippen LogP contribution in [0.5, 0.6) is 0 Å². The molecule has 0 saturated carbocycles. The van der Waals surface area contributed by atoms with Gasteiger partial charge in [-0.2, -0.15) is 5.26 Å². The summed E-state index contributed by atoms with van der Waals surface area (Å²) in [5, 5.41) is 8.47.